The fraction of sp³-hybridized carbons (Fsp3) is 0.333. The zero-order valence-electron chi connectivity index (χ0n) is 15.7. The summed E-state index contributed by atoms with van der Waals surface area (Å²) in [5.41, 5.74) is 4.33. The molecule has 0 saturated carbocycles. The van der Waals surface area contributed by atoms with E-state index in [-0.39, 0.29) is 5.91 Å². The van der Waals surface area contributed by atoms with Crippen molar-refractivity contribution >= 4 is 27.5 Å². The largest absolute Gasteiger partial charge is 0.492 e. The summed E-state index contributed by atoms with van der Waals surface area (Å²) < 4.78 is 8.90. The molecule has 1 amide bonds. The highest BCUT2D eigenvalue weighted by Crippen LogP contribution is 2.27. The second kappa shape index (κ2) is 7.87. The van der Waals surface area contributed by atoms with Crippen LogP contribution in [0.25, 0.3) is 10.2 Å². The van der Waals surface area contributed by atoms with E-state index in [1.165, 1.54) is 11.3 Å². The van der Waals surface area contributed by atoms with Crippen molar-refractivity contribution < 1.29 is 9.53 Å². The molecule has 1 aromatic heterocycles. The van der Waals surface area contributed by atoms with Crippen LogP contribution in [0.15, 0.2) is 41.4 Å². The van der Waals surface area contributed by atoms with Crippen molar-refractivity contribution in [3.63, 3.8) is 0 Å². The third-order valence-corrected chi connectivity index (χ3v) is 5.39. The van der Waals surface area contributed by atoms with E-state index in [4.69, 9.17) is 4.74 Å². The second-order valence-corrected chi connectivity index (χ2v) is 7.29. The predicted octanol–water partition coefficient (Wildman–Crippen LogP) is 4.41. The van der Waals surface area contributed by atoms with Crippen molar-refractivity contribution in [2.75, 3.05) is 6.61 Å². The minimum Gasteiger partial charge on any atom is -0.492 e. The van der Waals surface area contributed by atoms with Crippen LogP contribution in [0.5, 0.6) is 5.75 Å². The summed E-state index contributed by atoms with van der Waals surface area (Å²) in [5.74, 6) is 0.719. The van der Waals surface area contributed by atoms with Gasteiger partial charge in [-0.1, -0.05) is 41.2 Å². The fourth-order valence-corrected chi connectivity index (χ4v) is 4.18. The standard InChI is InChI=1S/C21H24N2O2S/c1-5-23-20-17(25-6-2)8-7-9-18(20)26-21(23)22-19(24)13-16-12-14(3)10-11-15(16)4/h7-12H,5-6,13H2,1-4H3. The minimum absolute atomic E-state index is 0.120. The average molecular weight is 369 g/mol. The van der Waals surface area contributed by atoms with Crippen LogP contribution in [0.2, 0.25) is 0 Å². The number of para-hydroxylation sites is 1. The first kappa shape index (κ1) is 18.4. The number of fused-ring (bicyclic) bond motifs is 1. The molecule has 26 heavy (non-hydrogen) atoms. The van der Waals surface area contributed by atoms with E-state index in [9.17, 15) is 4.79 Å². The number of amides is 1. The number of nitrogens with zero attached hydrogens (tertiary/aromatic N) is 2. The molecule has 0 N–H and O–H groups in total. The first-order valence-electron chi connectivity index (χ1n) is 8.92. The van der Waals surface area contributed by atoms with Gasteiger partial charge in [0.2, 0.25) is 0 Å². The van der Waals surface area contributed by atoms with E-state index >= 15 is 0 Å². The summed E-state index contributed by atoms with van der Waals surface area (Å²) in [6.45, 7) is 9.44. The molecule has 3 aromatic rings. The van der Waals surface area contributed by atoms with Crippen molar-refractivity contribution in [1.82, 2.24) is 4.57 Å². The van der Waals surface area contributed by atoms with Crippen molar-refractivity contribution in [2.45, 2.75) is 40.7 Å². The molecule has 0 saturated heterocycles. The maximum absolute atomic E-state index is 12.6. The number of aryl methyl sites for hydroxylation is 3. The van der Waals surface area contributed by atoms with Gasteiger partial charge < -0.3 is 9.30 Å². The number of ether oxygens (including phenoxy) is 1. The number of hydrogen-bond donors (Lipinski definition) is 0. The predicted molar refractivity (Wildman–Crippen MR) is 107 cm³/mol. The van der Waals surface area contributed by atoms with Crippen LogP contribution in [0.1, 0.15) is 30.5 Å². The number of aromatic nitrogens is 1. The van der Waals surface area contributed by atoms with Gasteiger partial charge in [-0.15, -0.1) is 0 Å². The SMILES string of the molecule is CCOc1cccc2sc(=NC(=O)Cc3cc(C)ccc3C)n(CC)c12. The molecule has 0 aliphatic heterocycles. The first-order chi connectivity index (χ1) is 12.5. The number of benzene rings is 2. The Balaban J connectivity index is 2.02. The number of rotatable bonds is 5. The Morgan fingerprint density at radius 3 is 2.73 bits per heavy atom. The smallest absolute Gasteiger partial charge is 0.252 e. The van der Waals surface area contributed by atoms with Crippen molar-refractivity contribution in [1.29, 1.82) is 0 Å². The topological polar surface area (TPSA) is 43.6 Å². The fourth-order valence-electron chi connectivity index (χ4n) is 3.05. The van der Waals surface area contributed by atoms with Gasteiger partial charge in [-0.3, -0.25) is 4.79 Å². The molecule has 0 bridgehead atoms. The van der Waals surface area contributed by atoms with Crippen LogP contribution in [0, 0.1) is 13.8 Å². The lowest BCUT2D eigenvalue weighted by atomic mass is 10.0. The Morgan fingerprint density at radius 2 is 2.00 bits per heavy atom. The van der Waals surface area contributed by atoms with Gasteiger partial charge in [0.25, 0.3) is 5.91 Å². The molecule has 4 nitrogen and oxygen atoms in total. The van der Waals surface area contributed by atoms with E-state index < -0.39 is 0 Å². The molecule has 0 radical (unpaired) electrons. The number of carbonyl (C=O) groups excluding carboxylic acids is 1. The third kappa shape index (κ3) is 3.73. The lowest BCUT2D eigenvalue weighted by Crippen LogP contribution is -2.17. The number of hydrogen-bond acceptors (Lipinski definition) is 3. The summed E-state index contributed by atoms with van der Waals surface area (Å²) in [5, 5.41) is 0. The van der Waals surface area contributed by atoms with Crippen LogP contribution in [-0.2, 0) is 17.8 Å². The highest BCUT2D eigenvalue weighted by molar-refractivity contribution is 7.16. The molecule has 0 fully saturated rings. The van der Waals surface area contributed by atoms with Gasteiger partial charge in [0.15, 0.2) is 4.80 Å². The van der Waals surface area contributed by atoms with Crippen LogP contribution in [0.3, 0.4) is 0 Å². The molecule has 1 heterocycles. The molecule has 0 spiro atoms. The van der Waals surface area contributed by atoms with Gasteiger partial charge in [-0.2, -0.15) is 4.99 Å². The lowest BCUT2D eigenvalue weighted by Gasteiger charge is -2.07. The normalized spacial score (nSPS) is 11.9. The summed E-state index contributed by atoms with van der Waals surface area (Å²) in [6.07, 6.45) is 0.323. The van der Waals surface area contributed by atoms with Gasteiger partial charge in [-0.25, -0.2) is 0 Å². The van der Waals surface area contributed by atoms with E-state index in [2.05, 4.69) is 34.7 Å². The van der Waals surface area contributed by atoms with Crippen LogP contribution in [-0.4, -0.2) is 17.1 Å². The second-order valence-electron chi connectivity index (χ2n) is 6.28. The van der Waals surface area contributed by atoms with Gasteiger partial charge in [-0.05, 0) is 51.0 Å². The first-order valence-corrected chi connectivity index (χ1v) is 9.74. The van der Waals surface area contributed by atoms with Gasteiger partial charge in [0.05, 0.1) is 17.7 Å². The van der Waals surface area contributed by atoms with Crippen molar-refractivity contribution in [2.24, 2.45) is 4.99 Å². The van der Waals surface area contributed by atoms with Crippen molar-refractivity contribution in [3.8, 4) is 5.75 Å². The van der Waals surface area contributed by atoms with E-state index in [0.717, 1.165) is 44.0 Å². The molecule has 0 aliphatic rings. The Hall–Kier alpha value is -2.40. The van der Waals surface area contributed by atoms with Crippen LogP contribution in [0.4, 0.5) is 0 Å². The highest BCUT2D eigenvalue weighted by Gasteiger charge is 2.12. The average Bonchev–Trinajstić information content (AvgIpc) is 2.96. The maximum Gasteiger partial charge on any atom is 0.252 e. The summed E-state index contributed by atoms with van der Waals surface area (Å²) in [4.78, 5) is 17.7. The molecule has 2 aromatic carbocycles. The quantitative estimate of drug-likeness (QED) is 0.669. The zero-order chi connectivity index (χ0) is 18.7. The molecular formula is C21H24N2O2S. The Bertz CT molecular complexity index is 1010. The Labute approximate surface area is 157 Å². The van der Waals surface area contributed by atoms with Crippen LogP contribution >= 0.6 is 11.3 Å². The maximum atomic E-state index is 12.6. The van der Waals surface area contributed by atoms with Gasteiger partial charge in [0, 0.05) is 6.54 Å². The number of carbonyl (C=O) groups is 1. The Kier molecular flexibility index (Phi) is 5.57. The highest BCUT2D eigenvalue weighted by atomic mass is 32.1. The van der Waals surface area contributed by atoms with Crippen molar-refractivity contribution in [3.05, 3.63) is 57.9 Å². The summed E-state index contributed by atoms with van der Waals surface area (Å²) >= 11 is 1.53. The minimum atomic E-state index is -0.120. The summed E-state index contributed by atoms with van der Waals surface area (Å²) in [7, 11) is 0. The molecule has 5 heteroatoms. The molecule has 0 unspecified atom stereocenters. The van der Waals surface area contributed by atoms with Gasteiger partial charge >= 0.3 is 0 Å². The third-order valence-electron chi connectivity index (χ3n) is 4.35. The molecule has 3 rings (SSSR count). The number of thiazole rings is 1. The molecule has 0 aliphatic carbocycles. The molecular weight excluding hydrogens is 344 g/mol. The van der Waals surface area contributed by atoms with E-state index in [1.54, 1.807) is 0 Å². The monoisotopic (exact) mass is 368 g/mol. The zero-order valence-corrected chi connectivity index (χ0v) is 16.5. The molecule has 0 atom stereocenters. The van der Waals surface area contributed by atoms with Crippen LogP contribution < -0.4 is 9.54 Å². The Morgan fingerprint density at radius 1 is 1.19 bits per heavy atom. The molecule has 136 valence electrons. The van der Waals surface area contributed by atoms with Gasteiger partial charge in [0.1, 0.15) is 11.3 Å². The van der Waals surface area contributed by atoms with E-state index in [1.807, 2.05) is 39.0 Å². The summed E-state index contributed by atoms with van der Waals surface area (Å²) in [6, 6.07) is 12.2. The lowest BCUT2D eigenvalue weighted by molar-refractivity contribution is -0.117. The van der Waals surface area contributed by atoms with E-state index in [0.29, 0.717) is 13.0 Å².